The van der Waals surface area contributed by atoms with Gasteiger partial charge in [0.15, 0.2) is 0 Å². The van der Waals surface area contributed by atoms with E-state index in [0.29, 0.717) is 44.8 Å². The molecule has 2 aliphatic rings. The maximum Gasteiger partial charge on any atom is 0.245 e. The van der Waals surface area contributed by atoms with Gasteiger partial charge in [0, 0.05) is 55.7 Å². The zero-order valence-electron chi connectivity index (χ0n) is 18.0. The lowest BCUT2D eigenvalue weighted by Crippen LogP contribution is -2.51. The van der Waals surface area contributed by atoms with Crippen molar-refractivity contribution < 1.29 is 13.2 Å². The predicted octanol–water partition coefficient (Wildman–Crippen LogP) is 2.50. The molecule has 9 heteroatoms. The fourth-order valence-electron chi connectivity index (χ4n) is 4.47. The van der Waals surface area contributed by atoms with Gasteiger partial charge in [-0.05, 0) is 48.1 Å². The lowest BCUT2D eigenvalue weighted by molar-refractivity contribution is -0.133. The molecule has 3 aromatic rings. The lowest BCUT2D eigenvalue weighted by atomic mass is 10.1. The Balaban J connectivity index is 1.23. The Morgan fingerprint density at radius 2 is 1.94 bits per heavy atom. The number of piperazine rings is 1. The summed E-state index contributed by atoms with van der Waals surface area (Å²) in [6.45, 7) is 5.53. The van der Waals surface area contributed by atoms with E-state index in [9.17, 15) is 13.2 Å². The van der Waals surface area contributed by atoms with Gasteiger partial charge >= 0.3 is 0 Å². The minimum Gasteiger partial charge on any atom is -0.337 e. The normalized spacial score (nSPS) is 18.1. The van der Waals surface area contributed by atoms with Gasteiger partial charge in [-0.25, -0.2) is 8.42 Å². The molecule has 2 aliphatic heterocycles. The number of carbonyl (C=O) groups is 1. The Morgan fingerprint density at radius 1 is 1.12 bits per heavy atom. The number of pyridine rings is 1. The number of aromatic nitrogens is 1. The Kier molecular flexibility index (Phi) is 5.75. The summed E-state index contributed by atoms with van der Waals surface area (Å²) >= 11 is 1.76. The van der Waals surface area contributed by atoms with Crippen molar-refractivity contribution in [3.63, 3.8) is 0 Å². The van der Waals surface area contributed by atoms with Crippen LogP contribution in [0.1, 0.15) is 16.0 Å². The SMILES string of the molecule is Cc1cnc2c(S(=O)(=O)N3CCN(CC(=O)N4CCc5sccc5C4)CC3)cccc2c1. The average molecular weight is 471 g/mol. The van der Waals surface area contributed by atoms with Crippen LogP contribution in [0.5, 0.6) is 0 Å². The third-order valence-corrected chi connectivity index (χ3v) is 9.23. The zero-order valence-corrected chi connectivity index (χ0v) is 19.7. The first kappa shape index (κ1) is 21.5. The fraction of sp³-hybridized carbons (Fsp3) is 0.391. The summed E-state index contributed by atoms with van der Waals surface area (Å²) in [5, 5.41) is 2.91. The summed E-state index contributed by atoms with van der Waals surface area (Å²) in [5.41, 5.74) is 2.76. The highest BCUT2D eigenvalue weighted by Gasteiger charge is 2.31. The van der Waals surface area contributed by atoms with Crippen molar-refractivity contribution in [3.05, 3.63) is 57.9 Å². The van der Waals surface area contributed by atoms with Crippen molar-refractivity contribution in [2.75, 3.05) is 39.3 Å². The molecule has 32 heavy (non-hydrogen) atoms. The number of nitrogens with zero attached hydrogens (tertiary/aromatic N) is 4. The molecule has 1 amide bonds. The number of amides is 1. The fourth-order valence-corrected chi connectivity index (χ4v) is 6.95. The summed E-state index contributed by atoms with van der Waals surface area (Å²) in [6.07, 6.45) is 2.62. The van der Waals surface area contributed by atoms with Gasteiger partial charge in [-0.2, -0.15) is 4.31 Å². The lowest BCUT2D eigenvalue weighted by Gasteiger charge is -2.35. The first-order chi connectivity index (χ1) is 15.4. The van der Waals surface area contributed by atoms with Gasteiger partial charge in [0.1, 0.15) is 4.90 Å². The highest BCUT2D eigenvalue weighted by Crippen LogP contribution is 2.26. The van der Waals surface area contributed by atoms with Crippen LogP contribution in [-0.2, 0) is 27.8 Å². The summed E-state index contributed by atoms with van der Waals surface area (Å²) in [4.78, 5) is 22.8. The summed E-state index contributed by atoms with van der Waals surface area (Å²) in [5.74, 6) is 0.117. The number of carbonyl (C=O) groups excluding carboxylic acids is 1. The smallest absolute Gasteiger partial charge is 0.245 e. The number of para-hydroxylation sites is 1. The van der Waals surface area contributed by atoms with Gasteiger partial charge in [-0.1, -0.05) is 12.1 Å². The van der Waals surface area contributed by atoms with E-state index in [0.717, 1.165) is 23.9 Å². The van der Waals surface area contributed by atoms with Gasteiger partial charge in [0.25, 0.3) is 0 Å². The van der Waals surface area contributed by atoms with E-state index < -0.39 is 10.0 Å². The van der Waals surface area contributed by atoms with Crippen LogP contribution in [0.25, 0.3) is 10.9 Å². The second-order valence-electron chi connectivity index (χ2n) is 8.46. The number of hydrogen-bond donors (Lipinski definition) is 0. The monoisotopic (exact) mass is 470 g/mol. The molecule has 0 unspecified atom stereocenters. The number of rotatable bonds is 4. The summed E-state index contributed by atoms with van der Waals surface area (Å²) in [7, 11) is -3.65. The summed E-state index contributed by atoms with van der Waals surface area (Å²) < 4.78 is 28.2. The maximum atomic E-state index is 13.3. The van der Waals surface area contributed by atoms with Crippen molar-refractivity contribution in [1.82, 2.24) is 19.1 Å². The van der Waals surface area contributed by atoms with Crippen LogP contribution in [-0.4, -0.2) is 72.7 Å². The van der Waals surface area contributed by atoms with E-state index in [1.54, 1.807) is 29.7 Å². The van der Waals surface area contributed by atoms with E-state index in [4.69, 9.17) is 0 Å². The number of benzene rings is 1. The number of thiophene rings is 1. The van der Waals surface area contributed by atoms with Crippen LogP contribution in [0.15, 0.2) is 46.8 Å². The Morgan fingerprint density at radius 3 is 2.75 bits per heavy atom. The van der Waals surface area contributed by atoms with Gasteiger partial charge in [0.05, 0.1) is 12.1 Å². The molecule has 0 saturated carbocycles. The standard InChI is InChI=1S/C23H26N4O3S2/c1-17-13-18-3-2-4-21(23(18)24-14-17)32(29,30)27-10-8-25(9-11-27)16-22(28)26-7-5-20-19(15-26)6-12-31-20/h2-4,6,12-14H,5,7-11,15-16H2,1H3. The Labute approximate surface area is 192 Å². The molecule has 0 atom stereocenters. The molecular weight excluding hydrogens is 444 g/mol. The van der Waals surface area contributed by atoms with Crippen LogP contribution in [0.3, 0.4) is 0 Å². The van der Waals surface area contributed by atoms with Crippen molar-refractivity contribution in [2.24, 2.45) is 0 Å². The van der Waals surface area contributed by atoms with Crippen LogP contribution in [0.2, 0.25) is 0 Å². The topological polar surface area (TPSA) is 73.8 Å². The molecule has 1 saturated heterocycles. The van der Waals surface area contributed by atoms with E-state index in [2.05, 4.69) is 21.3 Å². The van der Waals surface area contributed by atoms with Crippen LogP contribution in [0.4, 0.5) is 0 Å². The molecule has 4 heterocycles. The van der Waals surface area contributed by atoms with Crippen LogP contribution >= 0.6 is 11.3 Å². The molecule has 0 radical (unpaired) electrons. The molecule has 0 aliphatic carbocycles. The average Bonchev–Trinajstić information content (AvgIpc) is 3.27. The van der Waals surface area contributed by atoms with E-state index in [1.165, 1.54) is 14.7 Å². The van der Waals surface area contributed by atoms with Crippen molar-refractivity contribution in [2.45, 2.75) is 24.8 Å². The van der Waals surface area contributed by atoms with Gasteiger partial charge in [-0.3, -0.25) is 14.7 Å². The minimum atomic E-state index is -3.65. The Bertz CT molecular complexity index is 1260. The number of sulfonamides is 1. The first-order valence-corrected chi connectivity index (χ1v) is 13.1. The van der Waals surface area contributed by atoms with E-state index in [1.807, 2.05) is 24.0 Å². The Hall–Kier alpha value is -2.33. The van der Waals surface area contributed by atoms with Crippen LogP contribution < -0.4 is 0 Å². The highest BCUT2D eigenvalue weighted by atomic mass is 32.2. The van der Waals surface area contributed by atoms with Crippen molar-refractivity contribution in [3.8, 4) is 0 Å². The molecule has 1 fully saturated rings. The second kappa shape index (κ2) is 8.55. The van der Waals surface area contributed by atoms with E-state index in [-0.39, 0.29) is 10.8 Å². The highest BCUT2D eigenvalue weighted by molar-refractivity contribution is 7.89. The van der Waals surface area contributed by atoms with Crippen molar-refractivity contribution >= 4 is 38.2 Å². The largest absolute Gasteiger partial charge is 0.337 e. The third-order valence-electron chi connectivity index (χ3n) is 6.28. The van der Waals surface area contributed by atoms with Gasteiger partial charge < -0.3 is 4.90 Å². The molecule has 0 spiro atoms. The second-order valence-corrected chi connectivity index (χ2v) is 11.4. The van der Waals surface area contributed by atoms with E-state index >= 15 is 0 Å². The van der Waals surface area contributed by atoms with Crippen LogP contribution in [0, 0.1) is 6.92 Å². The van der Waals surface area contributed by atoms with Gasteiger partial charge in [-0.15, -0.1) is 11.3 Å². The molecule has 7 nitrogen and oxygen atoms in total. The maximum absolute atomic E-state index is 13.3. The molecular formula is C23H26N4O3S2. The molecule has 2 aromatic heterocycles. The van der Waals surface area contributed by atoms with Gasteiger partial charge in [0.2, 0.25) is 15.9 Å². The molecule has 0 bridgehead atoms. The number of fused-ring (bicyclic) bond motifs is 2. The number of hydrogen-bond acceptors (Lipinski definition) is 6. The molecule has 5 rings (SSSR count). The third kappa shape index (κ3) is 4.05. The number of aryl methyl sites for hydroxylation is 1. The quantitative estimate of drug-likeness (QED) is 0.586. The zero-order chi connectivity index (χ0) is 22.3. The molecule has 168 valence electrons. The molecule has 1 aromatic carbocycles. The molecule has 0 N–H and O–H groups in total. The minimum absolute atomic E-state index is 0.117. The summed E-state index contributed by atoms with van der Waals surface area (Å²) in [6, 6.07) is 9.34. The predicted molar refractivity (Wildman–Crippen MR) is 125 cm³/mol. The first-order valence-electron chi connectivity index (χ1n) is 10.8. The van der Waals surface area contributed by atoms with Crippen molar-refractivity contribution in [1.29, 1.82) is 0 Å².